The van der Waals surface area contributed by atoms with Crippen molar-refractivity contribution in [2.24, 2.45) is 11.7 Å². The zero-order chi connectivity index (χ0) is 23.4. The molecule has 1 aliphatic heterocycles. The van der Waals surface area contributed by atoms with E-state index in [2.05, 4.69) is 4.90 Å². The summed E-state index contributed by atoms with van der Waals surface area (Å²) in [6, 6.07) is 12.1. The molecule has 1 aliphatic carbocycles. The number of β-amino-alcohol motifs (C(OH)–C–C–N with tert-alkyl or cyclic N) is 1. The van der Waals surface area contributed by atoms with E-state index in [1.807, 2.05) is 29.2 Å². The lowest BCUT2D eigenvalue weighted by atomic mass is 9.97. The number of aliphatic hydroxyl groups excluding tert-OH is 1. The van der Waals surface area contributed by atoms with Gasteiger partial charge in [0, 0.05) is 39.3 Å². The van der Waals surface area contributed by atoms with Crippen molar-refractivity contribution < 1.29 is 23.0 Å². The summed E-state index contributed by atoms with van der Waals surface area (Å²) in [6.45, 7) is 4.99. The Morgan fingerprint density at radius 3 is 2.24 bits per heavy atom. The fraction of sp³-hybridized carbons (Fsp3) is 0.520. The molecule has 2 aromatic rings. The summed E-state index contributed by atoms with van der Waals surface area (Å²) in [5, 5.41) is 9.06. The van der Waals surface area contributed by atoms with Crippen LogP contribution in [0.25, 0.3) is 11.1 Å². The lowest BCUT2D eigenvalue weighted by Gasteiger charge is -2.34. The molecule has 2 aliphatic rings. The monoisotopic (exact) mass is 463 g/mol. The summed E-state index contributed by atoms with van der Waals surface area (Å²) in [5.41, 5.74) is 7.64. The molecule has 180 valence electrons. The molecule has 1 saturated heterocycles. The maximum Gasteiger partial charge on any atom is 0.416 e. The molecule has 8 heteroatoms. The normalized spacial score (nSPS) is 22.0. The van der Waals surface area contributed by atoms with E-state index in [9.17, 15) is 13.2 Å². The second kappa shape index (κ2) is 10.5. The molecule has 1 heterocycles. The van der Waals surface area contributed by atoms with Crippen LogP contribution >= 0.6 is 0 Å². The Kier molecular flexibility index (Phi) is 7.71. The zero-order valence-corrected chi connectivity index (χ0v) is 18.7. The molecule has 0 aromatic heterocycles. The van der Waals surface area contributed by atoms with Crippen LogP contribution < -0.4 is 5.73 Å². The van der Waals surface area contributed by atoms with E-state index in [0.717, 1.165) is 30.6 Å². The second-order valence-electron chi connectivity index (χ2n) is 8.99. The molecule has 0 spiro atoms. The average molecular weight is 464 g/mol. The Hall–Kier alpha value is -1.97. The fourth-order valence-electron chi connectivity index (χ4n) is 4.38. The van der Waals surface area contributed by atoms with E-state index in [1.165, 1.54) is 6.07 Å². The predicted molar refractivity (Wildman–Crippen MR) is 121 cm³/mol. The molecule has 33 heavy (non-hydrogen) atoms. The highest BCUT2D eigenvalue weighted by Crippen LogP contribution is 2.36. The molecule has 2 unspecified atom stereocenters. The minimum atomic E-state index is -4.42. The summed E-state index contributed by atoms with van der Waals surface area (Å²) in [4.78, 5) is 4.17. The molecule has 5 nitrogen and oxygen atoms in total. The van der Waals surface area contributed by atoms with Gasteiger partial charge in [0.1, 0.15) is 0 Å². The van der Waals surface area contributed by atoms with E-state index in [1.54, 1.807) is 12.1 Å². The van der Waals surface area contributed by atoms with E-state index in [-0.39, 0.29) is 19.3 Å². The van der Waals surface area contributed by atoms with Crippen molar-refractivity contribution in [2.45, 2.75) is 31.9 Å². The summed E-state index contributed by atoms with van der Waals surface area (Å²) in [7, 11) is 0. The van der Waals surface area contributed by atoms with Gasteiger partial charge in [0.25, 0.3) is 0 Å². The number of nitrogens with zero attached hydrogens (tertiary/aromatic N) is 2. The molecule has 1 saturated carbocycles. The maximum absolute atomic E-state index is 13.9. The van der Waals surface area contributed by atoms with Gasteiger partial charge in [-0.2, -0.15) is 13.2 Å². The van der Waals surface area contributed by atoms with E-state index in [0.29, 0.717) is 49.8 Å². The number of benzene rings is 2. The molecule has 2 atom stereocenters. The number of hydrogen-bond acceptors (Lipinski definition) is 5. The van der Waals surface area contributed by atoms with Gasteiger partial charge >= 0.3 is 6.18 Å². The first-order valence-electron chi connectivity index (χ1n) is 11.5. The highest BCUT2D eigenvalue weighted by molar-refractivity contribution is 5.65. The van der Waals surface area contributed by atoms with Crippen LogP contribution in [0.4, 0.5) is 13.2 Å². The van der Waals surface area contributed by atoms with Crippen molar-refractivity contribution >= 4 is 0 Å². The molecule has 0 amide bonds. The third-order valence-electron chi connectivity index (χ3n) is 6.60. The predicted octanol–water partition coefficient (Wildman–Crippen LogP) is 3.35. The van der Waals surface area contributed by atoms with Gasteiger partial charge in [-0.25, -0.2) is 0 Å². The van der Waals surface area contributed by atoms with Crippen LogP contribution in [0.2, 0.25) is 0 Å². The van der Waals surface area contributed by atoms with Crippen LogP contribution in [0.3, 0.4) is 0 Å². The number of ether oxygens (including phenoxy) is 1. The Balaban J connectivity index is 1.43. The smallest absolute Gasteiger partial charge is 0.395 e. The summed E-state index contributed by atoms with van der Waals surface area (Å²) < 4.78 is 47.5. The number of rotatable bonds is 9. The fourth-order valence-corrected chi connectivity index (χ4v) is 4.38. The zero-order valence-electron chi connectivity index (χ0n) is 18.7. The van der Waals surface area contributed by atoms with Crippen LogP contribution in [0.15, 0.2) is 42.5 Å². The largest absolute Gasteiger partial charge is 0.416 e. The first-order chi connectivity index (χ1) is 15.9. The molecule has 3 N–H and O–H groups in total. The number of piperazine rings is 1. The van der Waals surface area contributed by atoms with Crippen LogP contribution in [0, 0.1) is 5.92 Å². The van der Waals surface area contributed by atoms with Gasteiger partial charge in [0.05, 0.1) is 24.9 Å². The van der Waals surface area contributed by atoms with Gasteiger partial charge < -0.3 is 15.6 Å². The highest BCUT2D eigenvalue weighted by atomic mass is 19.4. The Morgan fingerprint density at radius 1 is 0.970 bits per heavy atom. The highest BCUT2D eigenvalue weighted by Gasteiger charge is 2.37. The van der Waals surface area contributed by atoms with Crippen molar-refractivity contribution in [1.82, 2.24) is 9.80 Å². The molecule has 2 aromatic carbocycles. The topological polar surface area (TPSA) is 62.0 Å². The van der Waals surface area contributed by atoms with Gasteiger partial charge in [-0.3, -0.25) is 9.80 Å². The van der Waals surface area contributed by atoms with Crippen molar-refractivity contribution in [1.29, 1.82) is 0 Å². The van der Waals surface area contributed by atoms with Gasteiger partial charge in [-0.05, 0) is 47.2 Å². The maximum atomic E-state index is 13.9. The van der Waals surface area contributed by atoms with Crippen LogP contribution in [-0.2, 0) is 24.1 Å². The average Bonchev–Trinajstić information content (AvgIpc) is 3.58. The minimum Gasteiger partial charge on any atom is -0.395 e. The van der Waals surface area contributed by atoms with Crippen molar-refractivity contribution in [3.8, 4) is 11.1 Å². The van der Waals surface area contributed by atoms with E-state index < -0.39 is 11.7 Å². The van der Waals surface area contributed by atoms with Gasteiger partial charge in [0.2, 0.25) is 0 Å². The number of nitrogens with two attached hydrogens (primary N) is 1. The molecular formula is C25H32F3N3O2. The van der Waals surface area contributed by atoms with Gasteiger partial charge in [0.15, 0.2) is 0 Å². The minimum absolute atomic E-state index is 0.100. The van der Waals surface area contributed by atoms with E-state index in [4.69, 9.17) is 15.6 Å². The first kappa shape index (κ1) is 24.2. The Morgan fingerprint density at radius 2 is 1.64 bits per heavy atom. The molecule has 2 fully saturated rings. The summed E-state index contributed by atoms with van der Waals surface area (Å²) in [5.74, 6) is 0.452. The number of aliphatic hydroxyl groups is 1. The Labute approximate surface area is 192 Å². The molecule has 0 radical (unpaired) electrons. The van der Waals surface area contributed by atoms with Crippen molar-refractivity contribution in [2.75, 3.05) is 45.9 Å². The molecule has 0 bridgehead atoms. The van der Waals surface area contributed by atoms with Crippen molar-refractivity contribution in [3.63, 3.8) is 0 Å². The van der Waals surface area contributed by atoms with E-state index >= 15 is 0 Å². The third kappa shape index (κ3) is 6.33. The number of alkyl halides is 3. The quantitative estimate of drug-likeness (QED) is 0.597. The van der Waals surface area contributed by atoms with Crippen molar-refractivity contribution in [3.05, 3.63) is 59.2 Å². The van der Waals surface area contributed by atoms with Gasteiger partial charge in [-0.1, -0.05) is 36.4 Å². The molecular weight excluding hydrogens is 431 g/mol. The summed E-state index contributed by atoms with van der Waals surface area (Å²) >= 11 is 0. The SMILES string of the molecule is NCC1CC1OCc1ccc(-c2ccc(CN3CCN(CCO)CC3)c(C(F)(F)F)c2)cc1. The van der Waals surface area contributed by atoms with Gasteiger partial charge in [-0.15, -0.1) is 0 Å². The number of hydrogen-bond donors (Lipinski definition) is 2. The first-order valence-corrected chi connectivity index (χ1v) is 11.5. The number of halogens is 3. The third-order valence-corrected chi connectivity index (χ3v) is 6.60. The standard InChI is InChI=1S/C25H32F3N3O2/c26-25(27,28)23-13-20(5-6-21(23)16-31-9-7-30(8-10-31)11-12-32)19-3-1-18(2-4-19)17-33-24-14-22(24)15-29/h1-6,13,22,24,32H,7-12,14-17,29H2. The Bertz CT molecular complexity index is 912. The second-order valence-corrected chi connectivity index (χ2v) is 8.99. The molecule has 4 rings (SSSR count). The van der Waals surface area contributed by atoms with Crippen LogP contribution in [-0.4, -0.2) is 66.9 Å². The summed E-state index contributed by atoms with van der Waals surface area (Å²) in [6.07, 6.45) is -3.18. The lowest BCUT2D eigenvalue weighted by molar-refractivity contribution is -0.138. The van der Waals surface area contributed by atoms with Crippen LogP contribution in [0.1, 0.15) is 23.1 Å². The van der Waals surface area contributed by atoms with Crippen LogP contribution in [0.5, 0.6) is 0 Å². The lowest BCUT2D eigenvalue weighted by Crippen LogP contribution is -2.46.